The number of likely N-dealkylation sites (tertiary alicyclic amines) is 1. The van der Waals surface area contributed by atoms with E-state index in [2.05, 4.69) is 20.5 Å². The molecule has 0 unspecified atom stereocenters. The first-order valence-corrected chi connectivity index (χ1v) is 9.32. The van der Waals surface area contributed by atoms with Crippen molar-refractivity contribution >= 4 is 17.5 Å². The maximum atomic E-state index is 12.8. The SMILES string of the molecule is O=C(Nc1ccccc1-c1ncn[nH]1)C1CCN(C(=O)c2ccccc2)CC1. The van der Waals surface area contributed by atoms with E-state index in [0.717, 1.165) is 5.56 Å². The van der Waals surface area contributed by atoms with Crippen molar-refractivity contribution in [3.63, 3.8) is 0 Å². The smallest absolute Gasteiger partial charge is 0.253 e. The van der Waals surface area contributed by atoms with Crippen molar-refractivity contribution in [3.05, 3.63) is 66.5 Å². The summed E-state index contributed by atoms with van der Waals surface area (Å²) in [5, 5.41) is 9.71. The third kappa shape index (κ3) is 3.78. The number of benzene rings is 2. The van der Waals surface area contributed by atoms with E-state index in [1.54, 1.807) is 0 Å². The number of hydrogen-bond acceptors (Lipinski definition) is 4. The maximum absolute atomic E-state index is 12.8. The van der Waals surface area contributed by atoms with Crippen LogP contribution in [-0.2, 0) is 4.79 Å². The zero-order valence-electron chi connectivity index (χ0n) is 15.3. The molecule has 2 N–H and O–H groups in total. The summed E-state index contributed by atoms with van der Waals surface area (Å²) in [6.45, 7) is 1.16. The Bertz CT molecular complexity index is 948. The molecular weight excluding hydrogens is 354 g/mol. The van der Waals surface area contributed by atoms with E-state index in [1.165, 1.54) is 6.33 Å². The molecule has 0 spiro atoms. The lowest BCUT2D eigenvalue weighted by molar-refractivity contribution is -0.121. The van der Waals surface area contributed by atoms with E-state index < -0.39 is 0 Å². The number of nitrogens with zero attached hydrogens (tertiary/aromatic N) is 3. The first kappa shape index (κ1) is 17.9. The molecule has 2 heterocycles. The minimum Gasteiger partial charge on any atom is -0.339 e. The van der Waals surface area contributed by atoms with E-state index in [9.17, 15) is 9.59 Å². The zero-order valence-corrected chi connectivity index (χ0v) is 15.3. The predicted octanol–water partition coefficient (Wildman–Crippen LogP) is 2.96. The van der Waals surface area contributed by atoms with Crippen LogP contribution in [0, 0.1) is 5.92 Å². The van der Waals surface area contributed by atoms with Crippen molar-refractivity contribution in [2.45, 2.75) is 12.8 Å². The van der Waals surface area contributed by atoms with Crippen LogP contribution >= 0.6 is 0 Å². The standard InChI is InChI=1S/C21H21N5O2/c27-20(24-18-9-5-4-8-17(18)19-22-14-23-25-19)15-10-12-26(13-11-15)21(28)16-6-2-1-3-7-16/h1-9,14-15H,10-13H2,(H,24,27)(H,22,23,25). The van der Waals surface area contributed by atoms with Crippen LogP contribution in [0.15, 0.2) is 60.9 Å². The Morgan fingerprint density at radius 3 is 2.43 bits per heavy atom. The average Bonchev–Trinajstić information content (AvgIpc) is 3.29. The number of aromatic nitrogens is 3. The van der Waals surface area contributed by atoms with Gasteiger partial charge in [0, 0.05) is 30.1 Å². The minimum absolute atomic E-state index is 0.0233. The number of H-pyrrole nitrogens is 1. The van der Waals surface area contributed by atoms with Crippen LogP contribution in [0.3, 0.4) is 0 Å². The molecule has 0 radical (unpaired) electrons. The summed E-state index contributed by atoms with van der Waals surface area (Å²) >= 11 is 0. The Balaban J connectivity index is 1.38. The Labute approximate surface area is 162 Å². The molecule has 2 aromatic carbocycles. The zero-order chi connectivity index (χ0) is 19.3. The molecule has 7 nitrogen and oxygen atoms in total. The van der Waals surface area contributed by atoms with E-state index in [4.69, 9.17) is 0 Å². The summed E-state index contributed by atoms with van der Waals surface area (Å²) in [5.74, 6) is 0.482. The molecule has 0 saturated carbocycles. The van der Waals surface area contributed by atoms with Crippen molar-refractivity contribution in [2.75, 3.05) is 18.4 Å². The van der Waals surface area contributed by atoms with Gasteiger partial charge in [-0.1, -0.05) is 30.3 Å². The summed E-state index contributed by atoms with van der Waals surface area (Å²) < 4.78 is 0. The van der Waals surface area contributed by atoms with E-state index in [1.807, 2.05) is 59.5 Å². The molecular formula is C21H21N5O2. The monoisotopic (exact) mass is 375 g/mol. The number of anilines is 1. The van der Waals surface area contributed by atoms with Gasteiger partial charge in [0.25, 0.3) is 5.91 Å². The summed E-state index contributed by atoms with van der Waals surface area (Å²) in [4.78, 5) is 31.3. The summed E-state index contributed by atoms with van der Waals surface area (Å²) in [7, 11) is 0. The molecule has 0 bridgehead atoms. The van der Waals surface area contributed by atoms with Crippen LogP contribution in [0.2, 0.25) is 0 Å². The highest BCUT2D eigenvalue weighted by molar-refractivity contribution is 5.97. The van der Waals surface area contributed by atoms with Gasteiger partial charge >= 0.3 is 0 Å². The molecule has 0 atom stereocenters. The van der Waals surface area contributed by atoms with Gasteiger partial charge in [-0.2, -0.15) is 5.10 Å². The van der Waals surface area contributed by atoms with Crippen LogP contribution in [0.1, 0.15) is 23.2 Å². The van der Waals surface area contributed by atoms with Crippen molar-refractivity contribution in [1.82, 2.24) is 20.1 Å². The molecule has 28 heavy (non-hydrogen) atoms. The fourth-order valence-electron chi connectivity index (χ4n) is 3.48. The molecule has 1 fully saturated rings. The van der Waals surface area contributed by atoms with Gasteiger partial charge in [-0.15, -0.1) is 0 Å². The minimum atomic E-state index is -0.123. The number of amides is 2. The average molecular weight is 375 g/mol. The van der Waals surface area contributed by atoms with Gasteiger partial charge in [0.1, 0.15) is 6.33 Å². The Morgan fingerprint density at radius 1 is 1.00 bits per heavy atom. The molecule has 1 saturated heterocycles. The largest absolute Gasteiger partial charge is 0.339 e. The number of aromatic amines is 1. The molecule has 3 aromatic rings. The van der Waals surface area contributed by atoms with E-state index in [0.29, 0.717) is 43.0 Å². The molecule has 7 heteroatoms. The number of hydrogen-bond donors (Lipinski definition) is 2. The lowest BCUT2D eigenvalue weighted by atomic mass is 9.95. The molecule has 2 amide bonds. The van der Waals surface area contributed by atoms with Gasteiger partial charge in [-0.3, -0.25) is 14.7 Å². The van der Waals surface area contributed by atoms with Gasteiger partial charge in [0.2, 0.25) is 5.91 Å². The fraction of sp³-hybridized carbons (Fsp3) is 0.238. The van der Waals surface area contributed by atoms with Crippen molar-refractivity contribution < 1.29 is 9.59 Å². The van der Waals surface area contributed by atoms with Crippen LogP contribution in [0.25, 0.3) is 11.4 Å². The van der Waals surface area contributed by atoms with E-state index >= 15 is 0 Å². The second-order valence-corrected chi connectivity index (χ2v) is 6.80. The van der Waals surface area contributed by atoms with Crippen LogP contribution < -0.4 is 5.32 Å². The maximum Gasteiger partial charge on any atom is 0.253 e. The van der Waals surface area contributed by atoms with Crippen molar-refractivity contribution in [1.29, 1.82) is 0 Å². The normalized spacial score (nSPS) is 14.6. The predicted molar refractivity (Wildman–Crippen MR) is 106 cm³/mol. The second kappa shape index (κ2) is 8.04. The van der Waals surface area contributed by atoms with Crippen molar-refractivity contribution in [2.24, 2.45) is 5.92 Å². The summed E-state index contributed by atoms with van der Waals surface area (Å²) in [5.41, 5.74) is 2.18. The Kier molecular flexibility index (Phi) is 5.14. The highest BCUT2D eigenvalue weighted by atomic mass is 16.2. The number of piperidine rings is 1. The van der Waals surface area contributed by atoms with Crippen LogP contribution in [0.4, 0.5) is 5.69 Å². The quantitative estimate of drug-likeness (QED) is 0.733. The number of rotatable bonds is 4. The van der Waals surface area contributed by atoms with Gasteiger partial charge in [0.15, 0.2) is 5.82 Å². The molecule has 1 aliphatic heterocycles. The first-order valence-electron chi connectivity index (χ1n) is 9.32. The molecule has 4 rings (SSSR count). The molecule has 0 aliphatic carbocycles. The third-order valence-corrected chi connectivity index (χ3v) is 5.03. The number of carbonyl (C=O) groups excluding carboxylic acids is 2. The lowest BCUT2D eigenvalue weighted by Crippen LogP contribution is -2.41. The van der Waals surface area contributed by atoms with Crippen LogP contribution in [0.5, 0.6) is 0 Å². The lowest BCUT2D eigenvalue weighted by Gasteiger charge is -2.31. The van der Waals surface area contributed by atoms with Gasteiger partial charge in [-0.05, 0) is 37.1 Å². The summed E-state index contributed by atoms with van der Waals surface area (Å²) in [6.07, 6.45) is 2.73. The van der Waals surface area contributed by atoms with E-state index in [-0.39, 0.29) is 17.7 Å². The Morgan fingerprint density at radius 2 is 1.71 bits per heavy atom. The molecule has 1 aromatic heterocycles. The van der Waals surface area contributed by atoms with Gasteiger partial charge < -0.3 is 10.2 Å². The number of para-hydroxylation sites is 1. The van der Waals surface area contributed by atoms with Gasteiger partial charge in [-0.25, -0.2) is 4.98 Å². The summed E-state index contributed by atoms with van der Waals surface area (Å²) in [6, 6.07) is 16.8. The number of carbonyl (C=O) groups is 2. The fourth-order valence-corrected chi connectivity index (χ4v) is 3.48. The highest BCUT2D eigenvalue weighted by Gasteiger charge is 2.28. The molecule has 142 valence electrons. The third-order valence-electron chi connectivity index (χ3n) is 5.03. The van der Waals surface area contributed by atoms with Crippen LogP contribution in [-0.4, -0.2) is 45.0 Å². The second-order valence-electron chi connectivity index (χ2n) is 6.80. The Hall–Kier alpha value is -3.48. The highest BCUT2D eigenvalue weighted by Crippen LogP contribution is 2.26. The van der Waals surface area contributed by atoms with Gasteiger partial charge in [0.05, 0.1) is 5.69 Å². The molecule has 1 aliphatic rings. The van der Waals surface area contributed by atoms with Crippen molar-refractivity contribution in [3.8, 4) is 11.4 Å². The topological polar surface area (TPSA) is 91.0 Å². The number of nitrogens with one attached hydrogen (secondary N) is 2. The first-order chi connectivity index (χ1) is 13.7.